The first-order chi connectivity index (χ1) is 13.5. The van der Waals surface area contributed by atoms with E-state index in [-0.39, 0.29) is 23.0 Å². The summed E-state index contributed by atoms with van der Waals surface area (Å²) < 4.78 is 5.33. The van der Waals surface area contributed by atoms with Gasteiger partial charge in [-0.05, 0) is 48.2 Å². The molecule has 6 nitrogen and oxygen atoms in total. The highest BCUT2D eigenvalue weighted by Crippen LogP contribution is 2.29. The van der Waals surface area contributed by atoms with Gasteiger partial charge in [-0.1, -0.05) is 24.8 Å². The number of thiophene rings is 1. The molecule has 7 heteroatoms. The maximum absolute atomic E-state index is 12.9. The molecule has 2 aromatic heterocycles. The van der Waals surface area contributed by atoms with Crippen molar-refractivity contribution < 1.29 is 14.6 Å². The van der Waals surface area contributed by atoms with Gasteiger partial charge >= 0.3 is 0 Å². The van der Waals surface area contributed by atoms with Gasteiger partial charge in [0.2, 0.25) is 0 Å². The van der Waals surface area contributed by atoms with E-state index in [1.807, 2.05) is 30.5 Å². The van der Waals surface area contributed by atoms with Crippen LogP contribution < -0.4 is 11.1 Å². The Kier molecular flexibility index (Phi) is 5.96. The van der Waals surface area contributed by atoms with Crippen molar-refractivity contribution >= 4 is 28.8 Å². The molecule has 0 aliphatic heterocycles. The Morgan fingerprint density at radius 1 is 1.32 bits per heavy atom. The fourth-order valence-electron chi connectivity index (χ4n) is 2.76. The van der Waals surface area contributed by atoms with E-state index in [1.165, 1.54) is 11.3 Å². The molecule has 2 heterocycles. The minimum atomic E-state index is -0.419. The van der Waals surface area contributed by atoms with Crippen molar-refractivity contribution in [2.24, 2.45) is 0 Å². The second kappa shape index (κ2) is 8.58. The molecule has 1 aromatic carbocycles. The number of rotatable bonds is 7. The number of aromatic nitrogens is 1. The van der Waals surface area contributed by atoms with E-state index in [0.717, 1.165) is 10.4 Å². The monoisotopic (exact) mass is 395 g/mol. The van der Waals surface area contributed by atoms with Crippen molar-refractivity contribution in [1.82, 2.24) is 10.3 Å². The Balaban J connectivity index is 1.87. The number of phenolic OH excluding ortho intramolecular Hbond substituents is 1. The molecule has 3 rings (SSSR count). The normalized spacial score (nSPS) is 11.6. The second-order valence-electron chi connectivity index (χ2n) is 6.00. The van der Waals surface area contributed by atoms with Crippen LogP contribution in [-0.4, -0.2) is 22.6 Å². The van der Waals surface area contributed by atoms with Crippen LogP contribution in [0.2, 0.25) is 0 Å². The van der Waals surface area contributed by atoms with Gasteiger partial charge < -0.3 is 20.9 Å². The lowest BCUT2D eigenvalue weighted by Crippen LogP contribution is -2.29. The van der Waals surface area contributed by atoms with Crippen molar-refractivity contribution in [1.29, 1.82) is 0 Å². The van der Waals surface area contributed by atoms with E-state index < -0.39 is 6.04 Å². The maximum atomic E-state index is 12.9. The van der Waals surface area contributed by atoms with E-state index in [1.54, 1.807) is 30.3 Å². The summed E-state index contributed by atoms with van der Waals surface area (Å²) in [7, 11) is 0. The van der Waals surface area contributed by atoms with E-state index in [4.69, 9.17) is 10.5 Å². The average Bonchev–Trinajstić information content (AvgIpc) is 3.20. The summed E-state index contributed by atoms with van der Waals surface area (Å²) in [6.45, 7) is 6.11. The van der Waals surface area contributed by atoms with Crippen molar-refractivity contribution in [2.75, 3.05) is 12.3 Å². The SMILES string of the molecule is C=C(OCC)c1ccc(C(=O)NC(c2cccc(O)c2)c2cccs2)c(N)n1. The number of anilines is 1. The number of benzene rings is 1. The topological polar surface area (TPSA) is 97.5 Å². The Morgan fingerprint density at radius 3 is 2.79 bits per heavy atom. The molecule has 0 fully saturated rings. The largest absolute Gasteiger partial charge is 0.508 e. The number of nitrogens with two attached hydrogens (primary N) is 1. The summed E-state index contributed by atoms with van der Waals surface area (Å²) in [6.07, 6.45) is 0. The molecular formula is C21H21N3O3S. The van der Waals surface area contributed by atoms with Crippen LogP contribution in [-0.2, 0) is 4.74 Å². The minimum Gasteiger partial charge on any atom is -0.508 e. The number of carbonyl (C=O) groups is 1. The van der Waals surface area contributed by atoms with Crippen LogP contribution in [0.5, 0.6) is 5.75 Å². The van der Waals surface area contributed by atoms with Gasteiger partial charge in [0.05, 0.1) is 18.2 Å². The van der Waals surface area contributed by atoms with Crippen LogP contribution >= 0.6 is 11.3 Å². The summed E-state index contributed by atoms with van der Waals surface area (Å²) in [5.41, 5.74) is 7.52. The zero-order valence-electron chi connectivity index (χ0n) is 15.4. The minimum absolute atomic E-state index is 0.0942. The number of nitrogens with zero attached hydrogens (tertiary/aromatic N) is 1. The van der Waals surface area contributed by atoms with Gasteiger partial charge in [-0.25, -0.2) is 4.98 Å². The Hall–Kier alpha value is -3.32. The molecule has 0 radical (unpaired) electrons. The lowest BCUT2D eigenvalue weighted by Gasteiger charge is -2.19. The molecule has 3 aromatic rings. The molecule has 1 atom stereocenters. The number of hydrogen-bond acceptors (Lipinski definition) is 6. The van der Waals surface area contributed by atoms with Gasteiger partial charge in [0.15, 0.2) is 0 Å². The molecule has 0 saturated carbocycles. The summed E-state index contributed by atoms with van der Waals surface area (Å²) in [5.74, 6) is 0.266. The van der Waals surface area contributed by atoms with E-state index in [2.05, 4.69) is 16.9 Å². The van der Waals surface area contributed by atoms with E-state index >= 15 is 0 Å². The Morgan fingerprint density at radius 2 is 2.14 bits per heavy atom. The maximum Gasteiger partial charge on any atom is 0.255 e. The molecule has 1 amide bonds. The second-order valence-corrected chi connectivity index (χ2v) is 6.98. The summed E-state index contributed by atoms with van der Waals surface area (Å²) in [6, 6.07) is 13.5. The fraction of sp³-hybridized carbons (Fsp3) is 0.143. The quantitative estimate of drug-likeness (QED) is 0.526. The number of nitrogens with one attached hydrogen (secondary N) is 1. The van der Waals surface area contributed by atoms with Gasteiger partial charge in [0, 0.05) is 4.88 Å². The van der Waals surface area contributed by atoms with Gasteiger partial charge in [-0.2, -0.15) is 0 Å². The smallest absolute Gasteiger partial charge is 0.255 e. The molecule has 28 heavy (non-hydrogen) atoms. The molecule has 1 unspecified atom stereocenters. The van der Waals surface area contributed by atoms with E-state index in [9.17, 15) is 9.90 Å². The predicted octanol–water partition coefficient (Wildman–Crippen LogP) is 3.96. The van der Waals surface area contributed by atoms with Crippen LogP contribution in [0.4, 0.5) is 5.82 Å². The highest BCUT2D eigenvalue weighted by Gasteiger charge is 2.21. The van der Waals surface area contributed by atoms with Crippen LogP contribution in [0.3, 0.4) is 0 Å². The fourth-order valence-corrected chi connectivity index (χ4v) is 3.56. The molecule has 0 bridgehead atoms. The first-order valence-electron chi connectivity index (χ1n) is 8.71. The van der Waals surface area contributed by atoms with E-state index in [0.29, 0.717) is 18.1 Å². The zero-order valence-corrected chi connectivity index (χ0v) is 16.2. The predicted molar refractivity (Wildman–Crippen MR) is 111 cm³/mol. The first-order valence-corrected chi connectivity index (χ1v) is 9.59. The Bertz CT molecular complexity index is 986. The number of nitrogen functional groups attached to an aromatic ring is 1. The Labute approximate surface area is 167 Å². The van der Waals surface area contributed by atoms with Crippen LogP contribution in [0, 0.1) is 0 Å². The number of ether oxygens (including phenoxy) is 1. The number of phenols is 1. The number of pyridine rings is 1. The lowest BCUT2D eigenvalue weighted by molar-refractivity contribution is 0.0944. The molecule has 144 valence electrons. The van der Waals surface area contributed by atoms with Crippen LogP contribution in [0.15, 0.2) is 60.5 Å². The number of amides is 1. The van der Waals surface area contributed by atoms with Crippen LogP contribution in [0.25, 0.3) is 5.76 Å². The number of aromatic hydroxyl groups is 1. The van der Waals surface area contributed by atoms with Crippen molar-refractivity contribution in [3.05, 3.63) is 82.2 Å². The molecule has 0 saturated heterocycles. The van der Waals surface area contributed by atoms with Crippen LogP contribution in [0.1, 0.15) is 39.5 Å². The highest BCUT2D eigenvalue weighted by molar-refractivity contribution is 7.10. The standard InChI is InChI=1S/C21H21N3O3S/c1-3-27-13(2)17-10-9-16(20(22)23-17)21(26)24-19(18-8-5-11-28-18)14-6-4-7-15(25)12-14/h4-12,19,25H,2-3H2,1H3,(H2,22,23)(H,24,26). The molecular weight excluding hydrogens is 374 g/mol. The van der Waals surface area contributed by atoms with Gasteiger partial charge in [-0.15, -0.1) is 11.3 Å². The van der Waals surface area contributed by atoms with Crippen molar-refractivity contribution in [2.45, 2.75) is 13.0 Å². The summed E-state index contributed by atoms with van der Waals surface area (Å²) >= 11 is 1.51. The van der Waals surface area contributed by atoms with Gasteiger partial charge in [-0.3, -0.25) is 4.79 Å². The lowest BCUT2D eigenvalue weighted by atomic mass is 10.0. The first kappa shape index (κ1) is 19.4. The summed E-state index contributed by atoms with van der Waals surface area (Å²) in [4.78, 5) is 18.1. The molecule has 0 aliphatic carbocycles. The third kappa shape index (κ3) is 4.32. The number of hydrogen-bond donors (Lipinski definition) is 3. The third-order valence-electron chi connectivity index (χ3n) is 4.08. The molecule has 0 spiro atoms. The van der Waals surface area contributed by atoms with Gasteiger partial charge in [0.1, 0.15) is 23.0 Å². The highest BCUT2D eigenvalue weighted by atomic mass is 32.1. The molecule has 4 N–H and O–H groups in total. The summed E-state index contributed by atoms with van der Waals surface area (Å²) in [5, 5.41) is 14.7. The molecule has 0 aliphatic rings. The number of carbonyl (C=O) groups excluding carboxylic acids is 1. The van der Waals surface area contributed by atoms with Crippen molar-refractivity contribution in [3.8, 4) is 5.75 Å². The third-order valence-corrected chi connectivity index (χ3v) is 5.02. The average molecular weight is 395 g/mol. The zero-order chi connectivity index (χ0) is 20.1. The van der Waals surface area contributed by atoms with Gasteiger partial charge in [0.25, 0.3) is 5.91 Å². The van der Waals surface area contributed by atoms with Crippen molar-refractivity contribution in [3.63, 3.8) is 0 Å².